The summed E-state index contributed by atoms with van der Waals surface area (Å²) < 4.78 is 19.4. The molecule has 0 aliphatic carbocycles. The molecule has 124 valence electrons. The van der Waals surface area contributed by atoms with Gasteiger partial charge in [0.05, 0.1) is 13.2 Å². The predicted molar refractivity (Wildman–Crippen MR) is 72.4 cm³/mol. The van der Waals surface area contributed by atoms with Crippen molar-refractivity contribution >= 4 is 23.5 Å². The summed E-state index contributed by atoms with van der Waals surface area (Å²) in [6.07, 6.45) is 0.435. The smallest absolute Gasteiger partial charge is 0.502 e. The molecular weight excluding hydrogens is 314 g/mol. The molecule has 0 amide bonds. The van der Waals surface area contributed by atoms with Gasteiger partial charge in [-0.15, -0.1) is 0 Å². The first-order valence-electron chi connectivity index (χ1n) is 6.40. The number of ether oxygens (including phenoxy) is 3. The lowest BCUT2D eigenvalue weighted by Crippen LogP contribution is -2.15. The minimum Gasteiger partial charge on any atom is -0.502 e. The van der Waals surface area contributed by atoms with Crippen LogP contribution in [0.2, 0.25) is 0 Å². The molecule has 0 saturated heterocycles. The number of oxazole rings is 1. The number of phenols is 1. The van der Waals surface area contributed by atoms with E-state index in [1.54, 1.807) is 0 Å². The average Bonchev–Trinajstić information content (AvgIpc) is 3.03. The Labute approximate surface area is 129 Å². The van der Waals surface area contributed by atoms with Crippen molar-refractivity contribution in [3.63, 3.8) is 0 Å². The first-order valence-corrected chi connectivity index (χ1v) is 6.40. The minimum atomic E-state index is -1.10. The topological polar surface area (TPSA) is 138 Å². The fourth-order valence-corrected chi connectivity index (χ4v) is 1.68. The summed E-state index contributed by atoms with van der Waals surface area (Å²) in [4.78, 5) is 30.1. The first-order chi connectivity index (χ1) is 11.2. The van der Waals surface area contributed by atoms with Gasteiger partial charge < -0.3 is 23.7 Å². The zero-order chi connectivity index (χ0) is 16.7. The molecule has 0 radical (unpaired) electrons. The highest BCUT2D eigenvalue weighted by atomic mass is 17.1. The van der Waals surface area contributed by atoms with E-state index in [-0.39, 0.29) is 48.8 Å². The zero-order valence-electron chi connectivity index (χ0n) is 11.8. The molecular formula is C13H13NO9. The Morgan fingerprint density at radius 3 is 2.83 bits per heavy atom. The van der Waals surface area contributed by atoms with E-state index in [2.05, 4.69) is 9.87 Å². The predicted octanol–water partition coefficient (Wildman–Crippen LogP) is 1.37. The van der Waals surface area contributed by atoms with E-state index in [0.717, 1.165) is 12.5 Å². The van der Waals surface area contributed by atoms with E-state index in [1.807, 2.05) is 0 Å². The summed E-state index contributed by atoms with van der Waals surface area (Å²) in [5.41, 5.74) is 0.157. The van der Waals surface area contributed by atoms with Crippen LogP contribution in [0.1, 0.15) is 10.4 Å². The van der Waals surface area contributed by atoms with Gasteiger partial charge in [0, 0.05) is 5.56 Å². The van der Waals surface area contributed by atoms with E-state index in [4.69, 9.17) is 23.9 Å². The van der Waals surface area contributed by atoms with Gasteiger partial charge in [-0.1, -0.05) is 0 Å². The molecule has 1 heterocycles. The van der Waals surface area contributed by atoms with Crippen molar-refractivity contribution in [1.82, 2.24) is 4.98 Å². The lowest BCUT2D eigenvalue weighted by atomic mass is 10.2. The van der Waals surface area contributed by atoms with Crippen LogP contribution in [0.25, 0.3) is 11.1 Å². The number of phenolic OH excluding ortho intramolecular Hbond substituents is 1. The molecule has 1 aromatic carbocycles. The van der Waals surface area contributed by atoms with Crippen molar-refractivity contribution in [3.8, 4) is 11.5 Å². The quantitative estimate of drug-likeness (QED) is 0.182. The lowest BCUT2D eigenvalue weighted by molar-refractivity contribution is -0.249. The number of carbonyl (C=O) groups is 2. The number of aromatic nitrogens is 1. The summed E-state index contributed by atoms with van der Waals surface area (Å²) in [6.45, 7) is 0.0613. The molecule has 23 heavy (non-hydrogen) atoms. The Kier molecular flexibility index (Phi) is 5.86. The molecule has 0 aliphatic rings. The van der Waals surface area contributed by atoms with Crippen LogP contribution >= 0.6 is 0 Å². The summed E-state index contributed by atoms with van der Waals surface area (Å²) in [6, 6.07) is 1.14. The van der Waals surface area contributed by atoms with Crippen LogP contribution in [0.15, 0.2) is 16.9 Å². The van der Waals surface area contributed by atoms with Gasteiger partial charge in [-0.25, -0.2) is 14.7 Å². The van der Waals surface area contributed by atoms with Crippen LogP contribution in [0.5, 0.6) is 11.5 Å². The SMILES string of the molecule is O=Cc1cc(OC(=O)OCCOCCOO)c(O)c2ocnc12. The maximum Gasteiger partial charge on any atom is 0.514 e. The van der Waals surface area contributed by atoms with E-state index < -0.39 is 11.9 Å². The minimum absolute atomic E-state index is 0.00993. The standard InChI is InChI=1S/C13H13NO9/c15-6-8-5-9(11(16)12-10(8)14-7-21-12)23-13(17)20-3-1-19-2-4-22-18/h5-7,16,18H,1-4H2. The van der Waals surface area contributed by atoms with Gasteiger partial charge in [0.15, 0.2) is 18.4 Å². The highest BCUT2D eigenvalue weighted by molar-refractivity contribution is 5.97. The molecule has 0 atom stereocenters. The van der Waals surface area contributed by atoms with Crippen LogP contribution in [0.4, 0.5) is 4.79 Å². The maximum absolute atomic E-state index is 11.5. The van der Waals surface area contributed by atoms with E-state index in [0.29, 0.717) is 6.29 Å². The second-order valence-corrected chi connectivity index (χ2v) is 4.11. The number of hydrogen-bond donors (Lipinski definition) is 2. The molecule has 0 saturated carbocycles. The fraction of sp³-hybridized carbons (Fsp3) is 0.308. The Morgan fingerprint density at radius 1 is 1.30 bits per heavy atom. The third-order valence-electron chi connectivity index (χ3n) is 2.66. The van der Waals surface area contributed by atoms with E-state index >= 15 is 0 Å². The van der Waals surface area contributed by atoms with E-state index in [9.17, 15) is 14.7 Å². The summed E-state index contributed by atoms with van der Waals surface area (Å²) in [7, 11) is 0. The highest BCUT2D eigenvalue weighted by Crippen LogP contribution is 2.36. The number of aromatic hydroxyl groups is 1. The molecule has 10 nitrogen and oxygen atoms in total. The van der Waals surface area contributed by atoms with Crippen LogP contribution in [-0.4, -0.2) is 54.2 Å². The van der Waals surface area contributed by atoms with Crippen molar-refractivity contribution in [1.29, 1.82) is 0 Å². The third-order valence-corrected chi connectivity index (χ3v) is 2.66. The summed E-state index contributed by atoms with van der Waals surface area (Å²) >= 11 is 0. The lowest BCUT2D eigenvalue weighted by Gasteiger charge is -2.08. The van der Waals surface area contributed by atoms with Gasteiger partial charge in [-0.05, 0) is 6.07 Å². The number of aldehydes is 1. The molecule has 0 spiro atoms. The van der Waals surface area contributed by atoms with Crippen molar-refractivity contribution in [2.75, 3.05) is 26.4 Å². The maximum atomic E-state index is 11.5. The van der Waals surface area contributed by atoms with Gasteiger partial charge in [0.2, 0.25) is 11.3 Å². The van der Waals surface area contributed by atoms with Crippen molar-refractivity contribution < 1.29 is 43.5 Å². The molecule has 0 fully saturated rings. The normalized spacial score (nSPS) is 10.7. The number of rotatable bonds is 8. The Morgan fingerprint density at radius 2 is 2.09 bits per heavy atom. The molecule has 1 aromatic heterocycles. The number of carbonyl (C=O) groups excluding carboxylic acids is 2. The largest absolute Gasteiger partial charge is 0.514 e. The summed E-state index contributed by atoms with van der Waals surface area (Å²) in [5.74, 6) is -0.771. The van der Waals surface area contributed by atoms with Crippen molar-refractivity contribution in [2.24, 2.45) is 0 Å². The highest BCUT2D eigenvalue weighted by Gasteiger charge is 2.19. The molecule has 0 aliphatic heterocycles. The first kappa shape index (κ1) is 16.7. The van der Waals surface area contributed by atoms with Gasteiger partial charge in [-0.3, -0.25) is 10.1 Å². The third kappa shape index (κ3) is 4.16. The Balaban J connectivity index is 1.94. The van der Waals surface area contributed by atoms with Gasteiger partial charge in [0.1, 0.15) is 18.7 Å². The molecule has 0 bridgehead atoms. The second kappa shape index (κ2) is 8.08. The zero-order valence-corrected chi connectivity index (χ0v) is 11.8. The molecule has 2 N–H and O–H groups in total. The van der Waals surface area contributed by atoms with Crippen molar-refractivity contribution in [3.05, 3.63) is 18.0 Å². The molecule has 2 aromatic rings. The fourth-order valence-electron chi connectivity index (χ4n) is 1.68. The Bertz CT molecular complexity index is 681. The monoisotopic (exact) mass is 327 g/mol. The Hall–Kier alpha value is -2.69. The number of hydrogen-bond acceptors (Lipinski definition) is 10. The van der Waals surface area contributed by atoms with Crippen LogP contribution in [0.3, 0.4) is 0 Å². The molecule has 2 rings (SSSR count). The van der Waals surface area contributed by atoms with Gasteiger partial charge in [-0.2, -0.15) is 0 Å². The number of nitrogens with zero attached hydrogens (tertiary/aromatic N) is 1. The molecule has 0 unspecified atom stereocenters. The van der Waals surface area contributed by atoms with Crippen LogP contribution in [0, 0.1) is 0 Å². The van der Waals surface area contributed by atoms with Crippen LogP contribution < -0.4 is 4.74 Å². The van der Waals surface area contributed by atoms with Crippen LogP contribution in [-0.2, 0) is 14.4 Å². The number of fused-ring (bicyclic) bond motifs is 1. The summed E-state index contributed by atoms with van der Waals surface area (Å²) in [5, 5.41) is 18.0. The van der Waals surface area contributed by atoms with Gasteiger partial charge in [0.25, 0.3) is 0 Å². The molecule has 10 heteroatoms. The van der Waals surface area contributed by atoms with E-state index in [1.165, 1.54) is 0 Å². The van der Waals surface area contributed by atoms with Gasteiger partial charge >= 0.3 is 6.16 Å². The second-order valence-electron chi connectivity index (χ2n) is 4.11. The number of benzene rings is 1. The average molecular weight is 327 g/mol. The van der Waals surface area contributed by atoms with Crippen molar-refractivity contribution in [2.45, 2.75) is 0 Å².